The first-order chi connectivity index (χ1) is 13.7. The Bertz CT molecular complexity index is 838. The number of aromatic amines is 1. The number of carbonyl (C=O) groups excluding carboxylic acids is 2. The van der Waals surface area contributed by atoms with E-state index in [1.54, 1.807) is 6.20 Å². The smallest absolute Gasteiger partial charge is 0.257 e. The molecule has 2 aromatic rings. The van der Waals surface area contributed by atoms with Gasteiger partial charge in [-0.3, -0.25) is 14.5 Å². The van der Waals surface area contributed by atoms with Gasteiger partial charge in [-0.15, -0.1) is 0 Å². The summed E-state index contributed by atoms with van der Waals surface area (Å²) < 4.78 is 11.1. The number of nitrogens with zero attached hydrogens (tertiary/aromatic N) is 1. The van der Waals surface area contributed by atoms with E-state index in [9.17, 15) is 9.59 Å². The topological polar surface area (TPSA) is 83.7 Å². The minimum absolute atomic E-state index is 0.0386. The van der Waals surface area contributed by atoms with E-state index >= 15 is 0 Å². The molecule has 0 atom stereocenters. The molecule has 0 saturated carbocycles. The van der Waals surface area contributed by atoms with Gasteiger partial charge in [0.15, 0.2) is 5.78 Å². The Morgan fingerprint density at radius 3 is 2.75 bits per heavy atom. The van der Waals surface area contributed by atoms with Crippen LogP contribution >= 0.6 is 0 Å². The normalized spacial score (nSPS) is 17.2. The maximum Gasteiger partial charge on any atom is 0.257 e. The van der Waals surface area contributed by atoms with E-state index < -0.39 is 0 Å². The number of fused-ring (bicyclic) bond motifs is 1. The molecule has 1 aromatic heterocycles. The number of hydrogen-bond acceptors (Lipinski definition) is 5. The lowest BCUT2D eigenvalue weighted by Gasteiger charge is -2.26. The number of H-pyrrole nitrogens is 1. The zero-order valence-corrected chi connectivity index (χ0v) is 15.8. The molecule has 2 aliphatic rings. The van der Waals surface area contributed by atoms with Crippen molar-refractivity contribution in [3.05, 3.63) is 47.3 Å². The highest BCUT2D eigenvalue weighted by atomic mass is 16.5. The molecule has 1 amide bonds. The van der Waals surface area contributed by atoms with Crippen LogP contribution in [0.25, 0.3) is 0 Å². The molecular formula is C21H25N3O4. The highest BCUT2D eigenvalue weighted by Gasteiger charge is 2.25. The lowest BCUT2D eigenvalue weighted by molar-refractivity contribution is 0.0322. The van der Waals surface area contributed by atoms with Gasteiger partial charge in [-0.05, 0) is 37.1 Å². The lowest BCUT2D eigenvalue weighted by atomic mass is 9.93. The van der Waals surface area contributed by atoms with Crippen molar-refractivity contribution in [2.75, 3.05) is 44.8 Å². The second-order valence-corrected chi connectivity index (χ2v) is 7.11. The van der Waals surface area contributed by atoms with Crippen molar-refractivity contribution in [3.8, 4) is 5.75 Å². The van der Waals surface area contributed by atoms with Crippen LogP contribution in [-0.2, 0) is 11.2 Å². The second kappa shape index (κ2) is 8.58. The van der Waals surface area contributed by atoms with Crippen LogP contribution in [0.3, 0.4) is 0 Å². The van der Waals surface area contributed by atoms with Crippen molar-refractivity contribution in [1.29, 1.82) is 0 Å². The van der Waals surface area contributed by atoms with Crippen LogP contribution in [0.15, 0.2) is 30.5 Å². The van der Waals surface area contributed by atoms with Gasteiger partial charge in [0.25, 0.3) is 5.91 Å². The summed E-state index contributed by atoms with van der Waals surface area (Å²) in [4.78, 5) is 30.1. The third-order valence-electron chi connectivity index (χ3n) is 5.21. The SMILES string of the molecule is O=C(Nc1ccc(OCCN2CCOCC2)cc1)c1c[nH]c2c1C(=O)CCC2. The first-order valence-electron chi connectivity index (χ1n) is 9.78. The van der Waals surface area contributed by atoms with Gasteiger partial charge in [-0.1, -0.05) is 0 Å². The average Bonchev–Trinajstić information content (AvgIpc) is 3.16. The van der Waals surface area contributed by atoms with Crippen LogP contribution in [0.4, 0.5) is 5.69 Å². The van der Waals surface area contributed by atoms with E-state index in [1.165, 1.54) is 0 Å². The molecule has 1 aromatic carbocycles. The Kier molecular flexibility index (Phi) is 5.73. The number of nitrogens with one attached hydrogen (secondary N) is 2. The maximum atomic E-state index is 12.6. The zero-order valence-electron chi connectivity index (χ0n) is 15.8. The molecule has 0 spiro atoms. The van der Waals surface area contributed by atoms with Gasteiger partial charge < -0.3 is 19.8 Å². The number of amides is 1. The average molecular weight is 383 g/mol. The number of morpholine rings is 1. The third-order valence-corrected chi connectivity index (χ3v) is 5.21. The van der Waals surface area contributed by atoms with Gasteiger partial charge in [0, 0.05) is 43.6 Å². The first-order valence-corrected chi connectivity index (χ1v) is 9.78. The Balaban J connectivity index is 1.31. The van der Waals surface area contributed by atoms with Gasteiger partial charge in [-0.25, -0.2) is 0 Å². The maximum absolute atomic E-state index is 12.6. The summed E-state index contributed by atoms with van der Waals surface area (Å²) in [5.41, 5.74) is 2.51. The number of aromatic nitrogens is 1. The highest BCUT2D eigenvalue weighted by Crippen LogP contribution is 2.25. The molecule has 1 aliphatic carbocycles. The monoisotopic (exact) mass is 383 g/mol. The van der Waals surface area contributed by atoms with Crippen molar-refractivity contribution >= 4 is 17.4 Å². The Morgan fingerprint density at radius 1 is 1.18 bits per heavy atom. The summed E-state index contributed by atoms with van der Waals surface area (Å²) in [6, 6.07) is 7.30. The Labute approximate surface area is 164 Å². The molecule has 2 heterocycles. The second-order valence-electron chi connectivity index (χ2n) is 7.11. The van der Waals surface area contributed by atoms with E-state index in [0.717, 1.165) is 57.1 Å². The van der Waals surface area contributed by atoms with Crippen molar-refractivity contribution < 1.29 is 19.1 Å². The molecular weight excluding hydrogens is 358 g/mol. The summed E-state index contributed by atoms with van der Waals surface area (Å²) in [5.74, 6) is 0.533. The van der Waals surface area contributed by atoms with E-state index in [2.05, 4.69) is 15.2 Å². The van der Waals surface area contributed by atoms with Gasteiger partial charge in [0.05, 0.1) is 24.3 Å². The van der Waals surface area contributed by atoms with Crippen LogP contribution < -0.4 is 10.1 Å². The minimum Gasteiger partial charge on any atom is -0.492 e. The predicted molar refractivity (Wildman–Crippen MR) is 105 cm³/mol. The number of carbonyl (C=O) groups is 2. The Morgan fingerprint density at radius 2 is 1.96 bits per heavy atom. The third kappa shape index (κ3) is 4.26. The lowest BCUT2D eigenvalue weighted by Crippen LogP contribution is -2.38. The van der Waals surface area contributed by atoms with Crippen LogP contribution in [0.1, 0.15) is 39.3 Å². The van der Waals surface area contributed by atoms with E-state index in [1.807, 2.05) is 24.3 Å². The molecule has 7 nitrogen and oxygen atoms in total. The fourth-order valence-electron chi connectivity index (χ4n) is 3.66. The molecule has 7 heteroatoms. The van der Waals surface area contributed by atoms with Crippen molar-refractivity contribution in [1.82, 2.24) is 9.88 Å². The summed E-state index contributed by atoms with van der Waals surface area (Å²) >= 11 is 0. The molecule has 2 N–H and O–H groups in total. The summed E-state index contributed by atoms with van der Waals surface area (Å²) in [7, 11) is 0. The largest absolute Gasteiger partial charge is 0.492 e. The van der Waals surface area contributed by atoms with Crippen LogP contribution in [-0.4, -0.2) is 61.0 Å². The standard InChI is InChI=1S/C21H25N3O4/c25-19-3-1-2-18-20(19)17(14-22-18)21(26)23-15-4-6-16(7-5-15)28-13-10-24-8-11-27-12-9-24/h4-7,14,22H,1-3,8-13H2,(H,23,26). The van der Waals surface area contributed by atoms with Crippen molar-refractivity contribution in [2.45, 2.75) is 19.3 Å². The molecule has 0 radical (unpaired) electrons. The summed E-state index contributed by atoms with van der Waals surface area (Å²) in [6.07, 6.45) is 3.78. The summed E-state index contributed by atoms with van der Waals surface area (Å²) in [6.45, 7) is 4.94. The molecule has 28 heavy (non-hydrogen) atoms. The molecule has 1 fully saturated rings. The number of benzene rings is 1. The predicted octanol–water partition coefficient (Wildman–Crippen LogP) is 2.50. The van der Waals surface area contributed by atoms with Crippen molar-refractivity contribution in [3.63, 3.8) is 0 Å². The highest BCUT2D eigenvalue weighted by molar-refractivity contribution is 6.13. The fourth-order valence-corrected chi connectivity index (χ4v) is 3.66. The van der Waals surface area contributed by atoms with Gasteiger partial charge >= 0.3 is 0 Å². The van der Waals surface area contributed by atoms with E-state index in [0.29, 0.717) is 29.8 Å². The summed E-state index contributed by atoms with van der Waals surface area (Å²) in [5, 5.41) is 2.86. The number of aryl methyl sites for hydroxylation is 1. The molecule has 0 unspecified atom stereocenters. The number of Topliss-reactive ketones (excluding diaryl/α,β-unsaturated/α-hetero) is 1. The van der Waals surface area contributed by atoms with Gasteiger partial charge in [0.2, 0.25) is 0 Å². The molecule has 0 bridgehead atoms. The molecule has 148 valence electrons. The number of ether oxygens (including phenoxy) is 2. The molecule has 1 aliphatic heterocycles. The number of hydrogen-bond donors (Lipinski definition) is 2. The molecule has 4 rings (SSSR count). The van der Waals surface area contributed by atoms with E-state index in [4.69, 9.17) is 9.47 Å². The van der Waals surface area contributed by atoms with Crippen LogP contribution in [0.2, 0.25) is 0 Å². The zero-order chi connectivity index (χ0) is 19.3. The minimum atomic E-state index is -0.270. The van der Waals surface area contributed by atoms with Crippen LogP contribution in [0.5, 0.6) is 5.75 Å². The van der Waals surface area contributed by atoms with Gasteiger partial charge in [-0.2, -0.15) is 0 Å². The van der Waals surface area contributed by atoms with Crippen LogP contribution in [0, 0.1) is 0 Å². The van der Waals surface area contributed by atoms with Gasteiger partial charge in [0.1, 0.15) is 12.4 Å². The fraction of sp³-hybridized carbons (Fsp3) is 0.429. The van der Waals surface area contributed by atoms with Crippen molar-refractivity contribution in [2.24, 2.45) is 0 Å². The Hall–Kier alpha value is -2.64. The van der Waals surface area contributed by atoms with E-state index in [-0.39, 0.29) is 11.7 Å². The molecule has 1 saturated heterocycles. The quantitative estimate of drug-likeness (QED) is 0.801. The number of anilines is 1. The number of rotatable bonds is 6. The first kappa shape index (κ1) is 18.7. The number of ketones is 1.